The van der Waals surface area contributed by atoms with Crippen molar-refractivity contribution in [3.8, 4) is 5.75 Å². The normalized spacial score (nSPS) is 16.9. The van der Waals surface area contributed by atoms with Crippen molar-refractivity contribution < 1.29 is 9.53 Å². The van der Waals surface area contributed by atoms with Crippen LogP contribution in [0.15, 0.2) is 48.5 Å². The highest BCUT2D eigenvalue weighted by Crippen LogP contribution is 2.28. The van der Waals surface area contributed by atoms with Crippen LogP contribution in [0.3, 0.4) is 0 Å². The number of nitrogens with zero attached hydrogens (tertiary/aromatic N) is 3. The van der Waals surface area contributed by atoms with E-state index in [0.717, 1.165) is 44.0 Å². The van der Waals surface area contributed by atoms with Crippen LogP contribution in [0.1, 0.15) is 24.8 Å². The predicted octanol–water partition coefficient (Wildman–Crippen LogP) is 3.58. The van der Waals surface area contributed by atoms with Gasteiger partial charge in [-0.2, -0.15) is 0 Å². The lowest BCUT2D eigenvalue weighted by atomic mass is 10.1. The average Bonchev–Trinajstić information content (AvgIpc) is 3.33. The van der Waals surface area contributed by atoms with E-state index in [1.54, 1.807) is 7.11 Å². The van der Waals surface area contributed by atoms with E-state index in [1.807, 2.05) is 23.1 Å². The van der Waals surface area contributed by atoms with E-state index in [4.69, 9.17) is 4.74 Å². The molecular formula is C24H31N3O2. The monoisotopic (exact) mass is 393 g/mol. The fourth-order valence-electron chi connectivity index (χ4n) is 4.35. The topological polar surface area (TPSA) is 36.0 Å². The Hall–Kier alpha value is -2.69. The van der Waals surface area contributed by atoms with Crippen LogP contribution >= 0.6 is 0 Å². The quantitative estimate of drug-likeness (QED) is 0.752. The number of para-hydroxylation sites is 2. The molecule has 2 aliphatic heterocycles. The Kier molecular flexibility index (Phi) is 6.23. The van der Waals surface area contributed by atoms with E-state index in [1.165, 1.54) is 37.2 Å². The van der Waals surface area contributed by atoms with Crippen molar-refractivity contribution in [1.29, 1.82) is 0 Å². The minimum atomic E-state index is 0.258. The van der Waals surface area contributed by atoms with E-state index < -0.39 is 0 Å². The molecule has 0 atom stereocenters. The third-order valence-electron chi connectivity index (χ3n) is 6.09. The average molecular weight is 394 g/mol. The molecule has 0 aliphatic carbocycles. The summed E-state index contributed by atoms with van der Waals surface area (Å²) in [5, 5.41) is 0. The number of piperazine rings is 1. The highest BCUT2D eigenvalue weighted by Gasteiger charge is 2.22. The summed E-state index contributed by atoms with van der Waals surface area (Å²) in [6.07, 6.45) is 3.98. The number of carbonyl (C=O) groups is 1. The summed E-state index contributed by atoms with van der Waals surface area (Å²) in [5.41, 5.74) is 3.67. The zero-order chi connectivity index (χ0) is 20.1. The number of benzene rings is 2. The Morgan fingerprint density at radius 1 is 0.862 bits per heavy atom. The largest absolute Gasteiger partial charge is 0.495 e. The number of ether oxygens (including phenoxy) is 1. The molecule has 5 heteroatoms. The molecule has 0 aromatic heterocycles. The molecule has 2 heterocycles. The molecule has 154 valence electrons. The first-order chi connectivity index (χ1) is 14.2. The minimum Gasteiger partial charge on any atom is -0.495 e. The molecule has 0 saturated carbocycles. The van der Waals surface area contributed by atoms with Gasteiger partial charge in [0.25, 0.3) is 0 Å². The smallest absolute Gasteiger partial charge is 0.223 e. The Morgan fingerprint density at radius 3 is 2.24 bits per heavy atom. The van der Waals surface area contributed by atoms with Crippen LogP contribution in [0.5, 0.6) is 5.75 Å². The lowest BCUT2D eigenvalue weighted by Crippen LogP contribution is -2.48. The maximum atomic E-state index is 12.7. The first kappa shape index (κ1) is 19.6. The zero-order valence-electron chi connectivity index (χ0n) is 17.3. The molecule has 0 spiro atoms. The van der Waals surface area contributed by atoms with Gasteiger partial charge in [-0.1, -0.05) is 24.3 Å². The summed E-state index contributed by atoms with van der Waals surface area (Å²) >= 11 is 0. The zero-order valence-corrected chi connectivity index (χ0v) is 17.3. The molecule has 0 bridgehead atoms. The van der Waals surface area contributed by atoms with Gasteiger partial charge in [0.2, 0.25) is 5.91 Å². The molecule has 1 amide bonds. The van der Waals surface area contributed by atoms with E-state index in [2.05, 4.69) is 40.1 Å². The lowest BCUT2D eigenvalue weighted by Gasteiger charge is -2.36. The summed E-state index contributed by atoms with van der Waals surface area (Å²) in [6.45, 7) is 5.56. The van der Waals surface area contributed by atoms with Gasteiger partial charge in [-0.3, -0.25) is 4.79 Å². The van der Waals surface area contributed by atoms with Crippen molar-refractivity contribution in [2.24, 2.45) is 0 Å². The second-order valence-corrected chi connectivity index (χ2v) is 7.90. The van der Waals surface area contributed by atoms with E-state index >= 15 is 0 Å². The summed E-state index contributed by atoms with van der Waals surface area (Å²) in [4.78, 5) is 19.4. The van der Waals surface area contributed by atoms with Crippen LogP contribution in [-0.4, -0.2) is 57.2 Å². The van der Waals surface area contributed by atoms with Crippen molar-refractivity contribution >= 4 is 17.3 Å². The molecule has 0 N–H and O–H groups in total. The molecule has 2 aliphatic rings. The SMILES string of the molecule is COc1ccccc1N1CCN(C(=O)CCc2ccc(N3CCCC3)cc2)CC1. The van der Waals surface area contributed by atoms with Gasteiger partial charge in [0.1, 0.15) is 5.75 Å². The second-order valence-electron chi connectivity index (χ2n) is 7.90. The lowest BCUT2D eigenvalue weighted by molar-refractivity contribution is -0.131. The molecule has 4 rings (SSSR count). The van der Waals surface area contributed by atoms with Crippen molar-refractivity contribution in [2.75, 3.05) is 56.2 Å². The number of hydrogen-bond donors (Lipinski definition) is 0. The van der Waals surface area contributed by atoms with E-state index in [0.29, 0.717) is 6.42 Å². The molecular weight excluding hydrogens is 362 g/mol. The number of hydrogen-bond acceptors (Lipinski definition) is 4. The highest BCUT2D eigenvalue weighted by atomic mass is 16.5. The third kappa shape index (κ3) is 4.66. The summed E-state index contributed by atoms with van der Waals surface area (Å²) < 4.78 is 5.48. The predicted molar refractivity (Wildman–Crippen MR) is 118 cm³/mol. The summed E-state index contributed by atoms with van der Waals surface area (Å²) in [7, 11) is 1.70. The summed E-state index contributed by atoms with van der Waals surface area (Å²) in [6, 6.07) is 16.9. The Morgan fingerprint density at radius 2 is 1.55 bits per heavy atom. The molecule has 0 unspecified atom stereocenters. The standard InChI is InChI=1S/C24H31N3O2/c1-29-23-7-3-2-6-22(23)26-16-18-27(19-17-26)24(28)13-10-20-8-11-21(12-9-20)25-14-4-5-15-25/h2-3,6-9,11-12H,4-5,10,13-19H2,1H3. The van der Waals surface area contributed by atoms with E-state index in [-0.39, 0.29) is 5.91 Å². The molecule has 2 fully saturated rings. The summed E-state index contributed by atoms with van der Waals surface area (Å²) in [5.74, 6) is 1.15. The van der Waals surface area contributed by atoms with Gasteiger partial charge in [-0.15, -0.1) is 0 Å². The molecule has 2 aromatic carbocycles. The number of rotatable bonds is 6. The van der Waals surface area contributed by atoms with Gasteiger partial charge < -0.3 is 19.4 Å². The van der Waals surface area contributed by atoms with Crippen LogP contribution in [-0.2, 0) is 11.2 Å². The minimum absolute atomic E-state index is 0.258. The Bertz CT molecular complexity index is 807. The maximum Gasteiger partial charge on any atom is 0.223 e. The van der Waals surface area contributed by atoms with E-state index in [9.17, 15) is 4.79 Å². The van der Waals surface area contributed by atoms with Gasteiger partial charge >= 0.3 is 0 Å². The van der Waals surface area contributed by atoms with Crippen LogP contribution in [0.25, 0.3) is 0 Å². The van der Waals surface area contributed by atoms with Gasteiger partial charge in [0, 0.05) is 51.4 Å². The number of carbonyl (C=O) groups excluding carboxylic acids is 1. The highest BCUT2D eigenvalue weighted by molar-refractivity contribution is 5.77. The molecule has 5 nitrogen and oxygen atoms in total. The number of amides is 1. The van der Waals surface area contributed by atoms with Gasteiger partial charge in [-0.25, -0.2) is 0 Å². The molecule has 2 saturated heterocycles. The van der Waals surface area contributed by atoms with Crippen molar-refractivity contribution in [1.82, 2.24) is 4.90 Å². The van der Waals surface area contributed by atoms with Crippen LogP contribution < -0.4 is 14.5 Å². The molecule has 2 aromatic rings. The van der Waals surface area contributed by atoms with Crippen LogP contribution in [0.4, 0.5) is 11.4 Å². The third-order valence-corrected chi connectivity index (χ3v) is 6.09. The fraction of sp³-hybridized carbons (Fsp3) is 0.458. The first-order valence-electron chi connectivity index (χ1n) is 10.7. The Balaban J connectivity index is 1.25. The van der Waals surface area contributed by atoms with Gasteiger partial charge in [0.05, 0.1) is 12.8 Å². The van der Waals surface area contributed by atoms with Crippen molar-refractivity contribution in [2.45, 2.75) is 25.7 Å². The van der Waals surface area contributed by atoms with Gasteiger partial charge in [0.15, 0.2) is 0 Å². The van der Waals surface area contributed by atoms with Crippen LogP contribution in [0, 0.1) is 0 Å². The van der Waals surface area contributed by atoms with Crippen LogP contribution in [0.2, 0.25) is 0 Å². The molecule has 0 radical (unpaired) electrons. The second kappa shape index (κ2) is 9.21. The first-order valence-corrected chi connectivity index (χ1v) is 10.7. The maximum absolute atomic E-state index is 12.7. The number of methoxy groups -OCH3 is 1. The molecule has 29 heavy (non-hydrogen) atoms. The van der Waals surface area contributed by atoms with Crippen molar-refractivity contribution in [3.63, 3.8) is 0 Å². The van der Waals surface area contributed by atoms with Gasteiger partial charge in [-0.05, 0) is 49.1 Å². The Labute approximate surface area is 173 Å². The number of aryl methyl sites for hydroxylation is 1. The van der Waals surface area contributed by atoms with Crippen molar-refractivity contribution in [3.05, 3.63) is 54.1 Å². The fourth-order valence-corrected chi connectivity index (χ4v) is 4.35. The number of anilines is 2.